The number of halogens is 2. The molecule has 0 saturated heterocycles. The summed E-state index contributed by atoms with van der Waals surface area (Å²) >= 11 is 0. The Bertz CT molecular complexity index is 821. The Balaban J connectivity index is 2.35. The van der Waals surface area contributed by atoms with Crippen molar-refractivity contribution in [2.24, 2.45) is 0 Å². The van der Waals surface area contributed by atoms with Crippen LogP contribution < -0.4 is 10.4 Å². The summed E-state index contributed by atoms with van der Waals surface area (Å²) in [6.45, 7) is 0. The normalized spacial score (nSPS) is 11.6. The van der Waals surface area contributed by atoms with Crippen LogP contribution in [0.25, 0.3) is 0 Å². The predicted molar refractivity (Wildman–Crippen MR) is 79.3 cm³/mol. The van der Waals surface area contributed by atoms with Crippen molar-refractivity contribution in [3.05, 3.63) is 75.3 Å². The number of nitrogens with one attached hydrogen (secondary N) is 1. The molecule has 2 rings (SSSR count). The first-order valence-corrected chi connectivity index (χ1v) is 6.98. The number of carbonyl (C=O) groups is 2. The van der Waals surface area contributed by atoms with Gasteiger partial charge < -0.3 is 15.2 Å². The number of hydrogen-bond donors (Lipinski definition) is 1. The molecule has 2 aromatic rings. The largest absolute Gasteiger partial charge is 0.550 e. The fourth-order valence-electron chi connectivity index (χ4n) is 2.22. The second-order valence-corrected chi connectivity index (χ2v) is 5.05. The van der Waals surface area contributed by atoms with Gasteiger partial charge in [-0.2, -0.15) is 0 Å². The molecule has 25 heavy (non-hydrogen) atoms. The summed E-state index contributed by atoms with van der Waals surface area (Å²) < 4.78 is 27.3. The van der Waals surface area contributed by atoms with Crippen molar-refractivity contribution < 1.29 is 28.4 Å². The molecule has 7 nitrogen and oxygen atoms in total. The van der Waals surface area contributed by atoms with Crippen LogP contribution in [0.15, 0.2) is 42.5 Å². The van der Waals surface area contributed by atoms with Crippen molar-refractivity contribution in [2.45, 2.75) is 12.5 Å². The number of amides is 1. The molecule has 0 aromatic heterocycles. The van der Waals surface area contributed by atoms with Crippen molar-refractivity contribution in [3.63, 3.8) is 0 Å². The van der Waals surface area contributed by atoms with Gasteiger partial charge in [0.25, 0.3) is 11.6 Å². The van der Waals surface area contributed by atoms with E-state index in [2.05, 4.69) is 5.32 Å². The Morgan fingerprint density at radius 2 is 1.72 bits per heavy atom. The number of carboxylic acid groups (broad SMARTS) is 1. The standard InChI is InChI=1S/C16H12F2N2O5/c17-11-5-2-6-12(18)15(11)16(23)19-13(8-14(21)22)9-3-1-4-10(7-9)20(24)25/h1-7,13H,8H2,(H,19,23)(H,21,22)/p-1/t13-/m0/s1. The molecule has 1 N–H and O–H groups in total. The summed E-state index contributed by atoms with van der Waals surface area (Å²) in [4.78, 5) is 33.2. The third-order valence-electron chi connectivity index (χ3n) is 3.35. The third kappa shape index (κ3) is 4.34. The molecule has 2 aromatic carbocycles. The molecule has 0 fully saturated rings. The van der Waals surface area contributed by atoms with Gasteiger partial charge in [0, 0.05) is 24.5 Å². The zero-order valence-electron chi connectivity index (χ0n) is 12.6. The van der Waals surface area contributed by atoms with Crippen molar-refractivity contribution in [3.8, 4) is 0 Å². The Morgan fingerprint density at radius 1 is 1.12 bits per heavy atom. The van der Waals surface area contributed by atoms with Gasteiger partial charge in [-0.1, -0.05) is 18.2 Å². The summed E-state index contributed by atoms with van der Waals surface area (Å²) in [5, 5.41) is 23.9. The van der Waals surface area contributed by atoms with Crippen LogP contribution in [0.5, 0.6) is 0 Å². The van der Waals surface area contributed by atoms with E-state index < -0.39 is 46.5 Å². The highest BCUT2D eigenvalue weighted by molar-refractivity contribution is 5.95. The Labute approximate surface area is 140 Å². The SMILES string of the molecule is O=C([O-])C[C@H](NC(=O)c1c(F)cccc1F)c1cccc([N+](=O)[O-])c1. The van der Waals surface area contributed by atoms with Crippen LogP contribution in [-0.4, -0.2) is 16.8 Å². The van der Waals surface area contributed by atoms with Crippen LogP contribution in [0.3, 0.4) is 0 Å². The highest BCUT2D eigenvalue weighted by atomic mass is 19.1. The van der Waals surface area contributed by atoms with Gasteiger partial charge in [-0.25, -0.2) is 8.78 Å². The van der Waals surface area contributed by atoms with E-state index in [0.717, 1.165) is 24.3 Å². The highest BCUT2D eigenvalue weighted by Crippen LogP contribution is 2.23. The number of non-ortho nitro benzene ring substituents is 1. The van der Waals surface area contributed by atoms with Gasteiger partial charge in [-0.05, 0) is 17.7 Å². The lowest BCUT2D eigenvalue weighted by Gasteiger charge is -2.20. The zero-order chi connectivity index (χ0) is 18.6. The fraction of sp³-hybridized carbons (Fsp3) is 0.125. The number of carboxylic acids is 1. The minimum atomic E-state index is -1.55. The minimum absolute atomic E-state index is 0.0866. The smallest absolute Gasteiger partial charge is 0.269 e. The van der Waals surface area contributed by atoms with Gasteiger partial charge >= 0.3 is 0 Å². The molecule has 1 atom stereocenters. The van der Waals surface area contributed by atoms with Crippen LogP contribution in [0.2, 0.25) is 0 Å². The second-order valence-electron chi connectivity index (χ2n) is 5.05. The average Bonchev–Trinajstić information content (AvgIpc) is 2.53. The number of aliphatic carboxylic acids is 1. The van der Waals surface area contributed by atoms with Crippen LogP contribution in [0.1, 0.15) is 28.4 Å². The Morgan fingerprint density at radius 3 is 2.28 bits per heavy atom. The molecule has 9 heteroatoms. The molecule has 0 unspecified atom stereocenters. The molecular weight excluding hydrogens is 338 g/mol. The molecule has 0 aliphatic rings. The van der Waals surface area contributed by atoms with Crippen molar-refractivity contribution >= 4 is 17.6 Å². The van der Waals surface area contributed by atoms with Gasteiger partial charge in [0.15, 0.2) is 0 Å². The van der Waals surface area contributed by atoms with E-state index in [9.17, 15) is 33.6 Å². The minimum Gasteiger partial charge on any atom is -0.550 e. The molecule has 0 spiro atoms. The molecule has 0 aliphatic heterocycles. The van der Waals surface area contributed by atoms with Gasteiger partial charge in [0.2, 0.25) is 0 Å². The lowest BCUT2D eigenvalue weighted by molar-refractivity contribution is -0.385. The Kier molecular flexibility index (Phi) is 5.38. The number of nitrogens with zero attached hydrogens (tertiary/aromatic N) is 1. The number of nitro benzene ring substituents is 1. The van der Waals surface area contributed by atoms with Gasteiger partial charge in [-0.3, -0.25) is 14.9 Å². The van der Waals surface area contributed by atoms with Crippen molar-refractivity contribution in [1.29, 1.82) is 0 Å². The van der Waals surface area contributed by atoms with E-state index in [1.165, 1.54) is 18.2 Å². The molecule has 0 aliphatic carbocycles. The van der Waals surface area contributed by atoms with Gasteiger partial charge in [0.1, 0.15) is 17.2 Å². The molecule has 1 amide bonds. The molecule has 0 radical (unpaired) electrons. The fourth-order valence-corrected chi connectivity index (χ4v) is 2.22. The van der Waals surface area contributed by atoms with E-state index in [1.54, 1.807) is 0 Å². The summed E-state index contributed by atoms with van der Waals surface area (Å²) in [6, 6.07) is 6.43. The second kappa shape index (κ2) is 7.47. The van der Waals surface area contributed by atoms with E-state index in [1.807, 2.05) is 0 Å². The maximum atomic E-state index is 13.7. The maximum absolute atomic E-state index is 13.7. The van der Waals surface area contributed by atoms with E-state index in [0.29, 0.717) is 0 Å². The van der Waals surface area contributed by atoms with Gasteiger partial charge in [0.05, 0.1) is 11.0 Å². The molecular formula is C16H11F2N2O5-. The first-order chi connectivity index (χ1) is 11.8. The topological polar surface area (TPSA) is 112 Å². The van der Waals surface area contributed by atoms with Crippen LogP contribution in [0, 0.1) is 21.7 Å². The summed E-state index contributed by atoms with van der Waals surface area (Å²) in [6.07, 6.45) is -0.733. The van der Waals surface area contributed by atoms with E-state index >= 15 is 0 Å². The zero-order valence-corrected chi connectivity index (χ0v) is 12.6. The van der Waals surface area contributed by atoms with Crippen molar-refractivity contribution in [2.75, 3.05) is 0 Å². The molecule has 0 saturated carbocycles. The van der Waals surface area contributed by atoms with Crippen LogP contribution >= 0.6 is 0 Å². The summed E-state index contributed by atoms with van der Waals surface area (Å²) in [7, 11) is 0. The first kappa shape index (κ1) is 18.0. The number of carbonyl (C=O) groups excluding carboxylic acids is 2. The summed E-state index contributed by atoms with van der Waals surface area (Å²) in [5.41, 5.74) is -1.12. The average molecular weight is 349 g/mol. The van der Waals surface area contributed by atoms with E-state index in [-0.39, 0.29) is 11.3 Å². The highest BCUT2D eigenvalue weighted by Gasteiger charge is 2.22. The van der Waals surface area contributed by atoms with Crippen LogP contribution in [0.4, 0.5) is 14.5 Å². The third-order valence-corrected chi connectivity index (χ3v) is 3.35. The molecule has 0 bridgehead atoms. The molecule has 130 valence electrons. The van der Waals surface area contributed by atoms with E-state index in [4.69, 9.17) is 0 Å². The maximum Gasteiger partial charge on any atom is 0.269 e. The number of hydrogen-bond acceptors (Lipinski definition) is 5. The van der Waals surface area contributed by atoms with Crippen molar-refractivity contribution in [1.82, 2.24) is 5.32 Å². The quantitative estimate of drug-likeness (QED) is 0.627. The number of nitro groups is 1. The van der Waals surface area contributed by atoms with Gasteiger partial charge in [-0.15, -0.1) is 0 Å². The summed E-state index contributed by atoms with van der Waals surface area (Å²) in [5.74, 6) is -4.98. The van der Waals surface area contributed by atoms with Crippen LogP contribution in [-0.2, 0) is 4.79 Å². The Hall–Kier alpha value is -3.36. The lowest BCUT2D eigenvalue weighted by atomic mass is 10.0. The predicted octanol–water partition coefficient (Wildman–Crippen LogP) is 1.48. The number of rotatable bonds is 6. The first-order valence-electron chi connectivity index (χ1n) is 6.98. The molecule has 0 heterocycles. The monoisotopic (exact) mass is 349 g/mol. The lowest BCUT2D eigenvalue weighted by Crippen LogP contribution is -2.35. The number of benzene rings is 2.